The summed E-state index contributed by atoms with van der Waals surface area (Å²) in [7, 11) is 0. The Bertz CT molecular complexity index is 1110. The summed E-state index contributed by atoms with van der Waals surface area (Å²) in [5.74, 6) is -1.07. The van der Waals surface area contributed by atoms with E-state index in [0.29, 0.717) is 24.8 Å². The Balaban J connectivity index is 1.32. The molecule has 7 nitrogen and oxygen atoms in total. The lowest BCUT2D eigenvalue weighted by Crippen LogP contribution is -2.53. The van der Waals surface area contributed by atoms with Crippen molar-refractivity contribution in [2.45, 2.75) is 32.9 Å². The molecule has 0 saturated carbocycles. The number of carbonyl (C=O) groups is 1. The van der Waals surface area contributed by atoms with Crippen molar-refractivity contribution in [1.29, 1.82) is 0 Å². The van der Waals surface area contributed by atoms with Crippen LogP contribution in [0.1, 0.15) is 31.3 Å². The largest absolute Gasteiger partial charge is 0.337 e. The third-order valence-corrected chi connectivity index (χ3v) is 6.12. The Morgan fingerprint density at radius 1 is 1.00 bits per heavy atom. The number of piperazine rings is 1. The zero-order valence-corrected chi connectivity index (χ0v) is 18.9. The highest BCUT2D eigenvalue weighted by Gasteiger charge is 2.30. The monoisotopic (exact) mass is 455 g/mol. The number of benzene rings is 2. The Labute approximate surface area is 191 Å². The molecule has 2 unspecified atom stereocenters. The molecular weight excluding hydrogens is 428 g/mol. The predicted octanol–water partition coefficient (Wildman–Crippen LogP) is 4.03. The predicted molar refractivity (Wildman–Crippen MR) is 120 cm³/mol. The van der Waals surface area contributed by atoms with Gasteiger partial charge in [0.05, 0.1) is 12.1 Å². The van der Waals surface area contributed by atoms with Crippen molar-refractivity contribution in [2.24, 2.45) is 0 Å². The number of carbonyl (C=O) groups excluding carboxylic acids is 1. The lowest BCUT2D eigenvalue weighted by molar-refractivity contribution is -0.121. The van der Waals surface area contributed by atoms with Gasteiger partial charge in [-0.3, -0.25) is 14.6 Å². The van der Waals surface area contributed by atoms with E-state index in [0.717, 1.165) is 30.8 Å². The van der Waals surface area contributed by atoms with E-state index in [-0.39, 0.29) is 17.6 Å². The van der Waals surface area contributed by atoms with Crippen LogP contribution >= 0.6 is 0 Å². The van der Waals surface area contributed by atoms with Gasteiger partial charge in [-0.25, -0.2) is 8.78 Å². The number of aromatic nitrogens is 2. The van der Waals surface area contributed by atoms with Gasteiger partial charge >= 0.3 is 0 Å². The molecule has 0 bridgehead atoms. The first kappa shape index (κ1) is 23.0. The molecule has 0 aliphatic carbocycles. The molecule has 0 radical (unpaired) electrons. The summed E-state index contributed by atoms with van der Waals surface area (Å²) in [6.07, 6.45) is 0. The van der Waals surface area contributed by atoms with Crippen molar-refractivity contribution >= 4 is 11.6 Å². The van der Waals surface area contributed by atoms with Gasteiger partial charge in [-0.15, -0.1) is 0 Å². The Morgan fingerprint density at radius 3 is 2.33 bits per heavy atom. The summed E-state index contributed by atoms with van der Waals surface area (Å²) < 4.78 is 32.0. The maximum Gasteiger partial charge on any atom is 0.244 e. The van der Waals surface area contributed by atoms with Gasteiger partial charge in [0.1, 0.15) is 0 Å². The molecule has 1 N–H and O–H groups in total. The first-order valence-electron chi connectivity index (χ1n) is 11.0. The Morgan fingerprint density at radius 2 is 1.67 bits per heavy atom. The van der Waals surface area contributed by atoms with Gasteiger partial charge in [0.2, 0.25) is 17.6 Å². The van der Waals surface area contributed by atoms with Gasteiger partial charge in [0.25, 0.3) is 0 Å². The fourth-order valence-electron chi connectivity index (χ4n) is 3.88. The highest BCUT2D eigenvalue weighted by molar-refractivity contribution is 5.94. The van der Waals surface area contributed by atoms with E-state index in [1.807, 2.05) is 38.1 Å². The number of nitrogens with one attached hydrogen (secondary N) is 1. The van der Waals surface area contributed by atoms with Crippen LogP contribution in [0.4, 0.5) is 14.5 Å². The molecule has 1 amide bonds. The van der Waals surface area contributed by atoms with Crippen LogP contribution in [-0.4, -0.2) is 58.1 Å². The molecule has 3 aromatic rings. The normalized spacial score (nSPS) is 17.0. The van der Waals surface area contributed by atoms with E-state index >= 15 is 0 Å². The van der Waals surface area contributed by atoms with E-state index in [1.54, 1.807) is 6.92 Å². The number of nitrogens with zero attached hydrogens (tertiary/aromatic N) is 4. The molecule has 1 saturated heterocycles. The SMILES string of the molecule is Cc1ccc(-c2noc(C(C)N3CCN(C(C)C(=O)Nc4ccc(F)c(F)c4)CC3)n2)cc1. The van der Waals surface area contributed by atoms with Crippen LogP contribution in [0.25, 0.3) is 11.4 Å². The molecule has 174 valence electrons. The number of aryl methyl sites for hydroxylation is 1. The summed E-state index contributed by atoms with van der Waals surface area (Å²) in [6.45, 7) is 8.67. The van der Waals surface area contributed by atoms with Gasteiger partial charge in [-0.05, 0) is 32.9 Å². The summed E-state index contributed by atoms with van der Waals surface area (Å²) in [5.41, 5.74) is 2.31. The topological polar surface area (TPSA) is 74.5 Å². The van der Waals surface area contributed by atoms with Crippen LogP contribution in [0.15, 0.2) is 47.0 Å². The zero-order valence-electron chi connectivity index (χ0n) is 18.9. The number of hydrogen-bond donors (Lipinski definition) is 1. The van der Waals surface area contributed by atoms with Crippen LogP contribution in [0.2, 0.25) is 0 Å². The summed E-state index contributed by atoms with van der Waals surface area (Å²) in [5, 5.41) is 6.78. The minimum Gasteiger partial charge on any atom is -0.337 e. The molecule has 1 aliphatic heterocycles. The second kappa shape index (κ2) is 9.76. The van der Waals surface area contributed by atoms with Gasteiger partial charge in [-0.2, -0.15) is 4.98 Å². The highest BCUT2D eigenvalue weighted by atomic mass is 19.2. The number of hydrogen-bond acceptors (Lipinski definition) is 6. The lowest BCUT2D eigenvalue weighted by Gasteiger charge is -2.39. The van der Waals surface area contributed by atoms with E-state index in [4.69, 9.17) is 4.52 Å². The molecule has 2 heterocycles. The minimum atomic E-state index is -0.991. The second-order valence-electron chi connectivity index (χ2n) is 8.36. The molecule has 33 heavy (non-hydrogen) atoms. The van der Waals surface area contributed by atoms with Crippen LogP contribution in [0.5, 0.6) is 0 Å². The van der Waals surface area contributed by atoms with E-state index in [9.17, 15) is 13.6 Å². The smallest absolute Gasteiger partial charge is 0.244 e. The number of amides is 1. The molecule has 4 rings (SSSR count). The first-order chi connectivity index (χ1) is 15.8. The van der Waals surface area contributed by atoms with Crippen LogP contribution in [0.3, 0.4) is 0 Å². The van der Waals surface area contributed by atoms with Gasteiger partial charge in [0.15, 0.2) is 11.6 Å². The lowest BCUT2D eigenvalue weighted by atomic mass is 10.1. The van der Waals surface area contributed by atoms with Crippen molar-refractivity contribution in [3.8, 4) is 11.4 Å². The maximum atomic E-state index is 13.4. The minimum absolute atomic E-state index is 0.0508. The van der Waals surface area contributed by atoms with Gasteiger partial charge in [-0.1, -0.05) is 35.0 Å². The zero-order chi connectivity index (χ0) is 23.5. The average Bonchev–Trinajstić information content (AvgIpc) is 3.31. The fraction of sp³-hybridized carbons (Fsp3) is 0.375. The van der Waals surface area contributed by atoms with Crippen molar-refractivity contribution in [3.63, 3.8) is 0 Å². The number of halogens is 2. The van der Waals surface area contributed by atoms with Crippen molar-refractivity contribution in [3.05, 3.63) is 65.6 Å². The van der Waals surface area contributed by atoms with Crippen molar-refractivity contribution in [2.75, 3.05) is 31.5 Å². The molecule has 9 heteroatoms. The van der Waals surface area contributed by atoms with Crippen LogP contribution < -0.4 is 5.32 Å². The van der Waals surface area contributed by atoms with E-state index in [1.165, 1.54) is 11.6 Å². The van der Waals surface area contributed by atoms with Crippen molar-refractivity contribution < 1.29 is 18.1 Å². The molecular formula is C24H27F2N5O2. The van der Waals surface area contributed by atoms with Gasteiger partial charge < -0.3 is 9.84 Å². The molecule has 2 atom stereocenters. The summed E-state index contributed by atoms with van der Waals surface area (Å²) >= 11 is 0. The molecule has 0 spiro atoms. The Hall–Kier alpha value is -3.17. The summed E-state index contributed by atoms with van der Waals surface area (Å²) in [6, 6.07) is 10.8. The second-order valence-corrected chi connectivity index (χ2v) is 8.36. The fourth-order valence-corrected chi connectivity index (χ4v) is 3.88. The quantitative estimate of drug-likeness (QED) is 0.605. The number of rotatable bonds is 6. The van der Waals surface area contributed by atoms with Gasteiger partial charge in [0, 0.05) is 43.5 Å². The highest BCUT2D eigenvalue weighted by Crippen LogP contribution is 2.24. The van der Waals surface area contributed by atoms with E-state index < -0.39 is 17.7 Å². The molecule has 1 fully saturated rings. The Kier molecular flexibility index (Phi) is 6.80. The average molecular weight is 456 g/mol. The standard InChI is InChI=1S/C24H27F2N5O2/c1-15-4-6-18(7-5-15)22-28-24(33-29-22)17(3)31-12-10-30(11-13-31)16(2)23(32)27-19-8-9-20(25)21(26)14-19/h4-9,14,16-17H,10-13H2,1-3H3,(H,27,32). The molecule has 1 aliphatic rings. The van der Waals surface area contributed by atoms with E-state index in [2.05, 4.69) is 25.3 Å². The number of anilines is 1. The van der Waals surface area contributed by atoms with Crippen LogP contribution in [0, 0.1) is 18.6 Å². The van der Waals surface area contributed by atoms with Crippen molar-refractivity contribution in [1.82, 2.24) is 19.9 Å². The third-order valence-electron chi connectivity index (χ3n) is 6.12. The third kappa shape index (κ3) is 5.26. The first-order valence-corrected chi connectivity index (χ1v) is 11.0. The molecule has 1 aromatic heterocycles. The molecule has 2 aromatic carbocycles. The summed E-state index contributed by atoms with van der Waals surface area (Å²) in [4.78, 5) is 21.5. The maximum absolute atomic E-state index is 13.4. The van der Waals surface area contributed by atoms with Crippen LogP contribution in [-0.2, 0) is 4.79 Å².